The van der Waals surface area contributed by atoms with Gasteiger partial charge in [0.25, 0.3) is 0 Å². The van der Waals surface area contributed by atoms with Gasteiger partial charge in [0.15, 0.2) is 9.84 Å². The molecule has 1 saturated heterocycles. The number of fused-ring (bicyclic) bond motifs is 7. The number of benzene rings is 1. The van der Waals surface area contributed by atoms with Gasteiger partial charge in [-0.3, -0.25) is 9.69 Å². The van der Waals surface area contributed by atoms with Crippen LogP contribution in [0.15, 0.2) is 30.3 Å². The number of carbonyl (C=O) groups is 2. The molecule has 50 heavy (non-hydrogen) atoms. The van der Waals surface area contributed by atoms with Crippen LogP contribution in [-0.2, 0) is 14.6 Å². The van der Waals surface area contributed by atoms with E-state index in [9.17, 15) is 23.1 Å². The standard InChI is InChI=1S/C42H62N2O5S/c1-27(2)30-14-19-42(43-35(45)26-44-22-24-50(48,49)25-23-44)21-20-40(6)32(36(30)42)12-13-34-39(5)17-15-31(28-8-10-29(11-9-28)37(46)47)38(3,4)33(39)16-18-41(34,40)7/h8-11,15,27,30,32-34,36H,12-14,16-26H2,1-7H3,(H,43,45)(H,46,47)/t30-,32+,33-,34+,36+,39?,40+,41+,42?/m0/s1. The summed E-state index contributed by atoms with van der Waals surface area (Å²) in [5, 5.41) is 13.2. The molecule has 6 aliphatic rings. The third-order valence-corrected chi connectivity index (χ3v) is 18.2. The summed E-state index contributed by atoms with van der Waals surface area (Å²) in [6.07, 6.45) is 12.9. The number of hydrogen-bond donors (Lipinski definition) is 2. The second-order valence-corrected chi connectivity index (χ2v) is 21.5. The first-order chi connectivity index (χ1) is 23.4. The van der Waals surface area contributed by atoms with Crippen LogP contribution < -0.4 is 5.32 Å². The van der Waals surface area contributed by atoms with E-state index in [1.807, 2.05) is 17.0 Å². The second-order valence-electron chi connectivity index (χ2n) is 19.2. The summed E-state index contributed by atoms with van der Waals surface area (Å²) in [4.78, 5) is 27.4. The Labute approximate surface area is 301 Å². The van der Waals surface area contributed by atoms with Crippen LogP contribution in [-0.4, -0.2) is 67.0 Å². The zero-order valence-electron chi connectivity index (χ0n) is 31.7. The molecule has 9 atom stereocenters. The zero-order chi connectivity index (χ0) is 36.1. The quantitative estimate of drug-likeness (QED) is 0.314. The maximum absolute atomic E-state index is 13.8. The van der Waals surface area contributed by atoms with Crippen LogP contribution in [0.4, 0.5) is 0 Å². The van der Waals surface area contributed by atoms with Gasteiger partial charge in [-0.15, -0.1) is 0 Å². The minimum Gasteiger partial charge on any atom is -0.478 e. The van der Waals surface area contributed by atoms with E-state index >= 15 is 0 Å². The Morgan fingerprint density at radius 2 is 1.56 bits per heavy atom. The first-order valence-corrected chi connectivity index (χ1v) is 21.5. The Bertz CT molecular complexity index is 1650. The van der Waals surface area contributed by atoms with Gasteiger partial charge < -0.3 is 10.4 Å². The average Bonchev–Trinajstić information content (AvgIpc) is 3.42. The van der Waals surface area contributed by atoms with E-state index in [-0.39, 0.29) is 44.6 Å². The number of nitrogens with one attached hydrogen (secondary N) is 1. The number of carboxylic acid groups (broad SMARTS) is 1. The van der Waals surface area contributed by atoms with E-state index in [0.29, 0.717) is 60.7 Å². The van der Waals surface area contributed by atoms with Gasteiger partial charge in [-0.2, -0.15) is 0 Å². The van der Waals surface area contributed by atoms with Crippen LogP contribution in [0.25, 0.3) is 5.57 Å². The molecule has 5 aliphatic carbocycles. The van der Waals surface area contributed by atoms with Crippen molar-refractivity contribution in [1.29, 1.82) is 0 Å². The summed E-state index contributed by atoms with van der Waals surface area (Å²) in [5.41, 5.74) is 3.28. The van der Waals surface area contributed by atoms with Gasteiger partial charge >= 0.3 is 5.97 Å². The predicted octanol–water partition coefficient (Wildman–Crippen LogP) is 7.71. The molecule has 1 heterocycles. The molecule has 7 nitrogen and oxygen atoms in total. The molecule has 1 aromatic rings. The summed E-state index contributed by atoms with van der Waals surface area (Å²) in [7, 11) is -2.98. The van der Waals surface area contributed by atoms with E-state index < -0.39 is 15.8 Å². The van der Waals surface area contributed by atoms with Crippen molar-refractivity contribution < 1.29 is 23.1 Å². The fourth-order valence-corrected chi connectivity index (χ4v) is 15.2. The lowest BCUT2D eigenvalue weighted by Crippen LogP contribution is -2.68. The lowest BCUT2D eigenvalue weighted by atomic mass is 9.33. The van der Waals surface area contributed by atoms with Crippen LogP contribution >= 0.6 is 0 Å². The van der Waals surface area contributed by atoms with Crippen molar-refractivity contribution in [2.75, 3.05) is 31.1 Å². The van der Waals surface area contributed by atoms with Crippen LogP contribution in [0.2, 0.25) is 0 Å². The van der Waals surface area contributed by atoms with E-state index in [0.717, 1.165) is 31.2 Å². The number of carboxylic acids is 1. The molecule has 2 N–H and O–H groups in total. The monoisotopic (exact) mass is 706 g/mol. The molecule has 4 saturated carbocycles. The molecular weight excluding hydrogens is 645 g/mol. The molecule has 0 aromatic heterocycles. The first-order valence-electron chi connectivity index (χ1n) is 19.7. The molecule has 5 fully saturated rings. The van der Waals surface area contributed by atoms with Crippen molar-refractivity contribution in [1.82, 2.24) is 10.2 Å². The van der Waals surface area contributed by atoms with Crippen LogP contribution in [0.3, 0.4) is 0 Å². The summed E-state index contributed by atoms with van der Waals surface area (Å²) in [6, 6.07) is 7.52. The van der Waals surface area contributed by atoms with Crippen LogP contribution in [0, 0.1) is 57.2 Å². The largest absolute Gasteiger partial charge is 0.478 e. The van der Waals surface area contributed by atoms with Crippen molar-refractivity contribution in [3.8, 4) is 0 Å². The number of hydrogen-bond acceptors (Lipinski definition) is 5. The highest BCUT2D eigenvalue weighted by Gasteiger charge is 2.70. The Morgan fingerprint density at radius 3 is 2.20 bits per heavy atom. The van der Waals surface area contributed by atoms with Gasteiger partial charge in [-0.05, 0) is 138 Å². The van der Waals surface area contributed by atoms with E-state index in [1.54, 1.807) is 12.1 Å². The van der Waals surface area contributed by atoms with E-state index in [4.69, 9.17) is 0 Å². The fraction of sp³-hybridized carbons (Fsp3) is 0.762. The maximum atomic E-state index is 13.8. The molecule has 0 bridgehead atoms. The number of aromatic carboxylic acids is 1. The highest BCUT2D eigenvalue weighted by Crippen LogP contribution is 2.76. The molecule has 0 spiro atoms. The number of allylic oxidation sites excluding steroid dienone is 2. The van der Waals surface area contributed by atoms with Gasteiger partial charge in [0, 0.05) is 18.6 Å². The second kappa shape index (κ2) is 12.2. The highest BCUT2D eigenvalue weighted by molar-refractivity contribution is 7.91. The summed E-state index contributed by atoms with van der Waals surface area (Å²) in [6.45, 7) is 18.8. The van der Waals surface area contributed by atoms with E-state index in [2.05, 4.69) is 59.9 Å². The number of nitrogens with zero attached hydrogens (tertiary/aromatic N) is 1. The third-order valence-electron chi connectivity index (χ3n) is 16.6. The molecule has 276 valence electrons. The molecule has 0 radical (unpaired) electrons. The van der Waals surface area contributed by atoms with Crippen molar-refractivity contribution in [3.63, 3.8) is 0 Å². The Morgan fingerprint density at radius 1 is 0.880 bits per heavy atom. The van der Waals surface area contributed by atoms with Crippen molar-refractivity contribution in [2.24, 2.45) is 57.2 Å². The average molecular weight is 707 g/mol. The van der Waals surface area contributed by atoms with Gasteiger partial charge in [0.05, 0.1) is 23.6 Å². The van der Waals surface area contributed by atoms with Crippen LogP contribution in [0.1, 0.15) is 122 Å². The summed E-state index contributed by atoms with van der Waals surface area (Å²) < 4.78 is 24.0. The fourth-order valence-electron chi connectivity index (χ4n) is 13.9. The predicted molar refractivity (Wildman–Crippen MR) is 199 cm³/mol. The number of amides is 1. The zero-order valence-corrected chi connectivity index (χ0v) is 32.5. The molecule has 2 unspecified atom stereocenters. The first kappa shape index (κ1) is 36.2. The normalized spacial score (nSPS) is 42.0. The summed E-state index contributed by atoms with van der Waals surface area (Å²) in [5.74, 6) is 2.88. The lowest BCUT2D eigenvalue weighted by molar-refractivity contribution is -0.221. The molecule has 1 aliphatic heterocycles. The molecule has 7 rings (SSSR count). The Kier molecular flexibility index (Phi) is 8.81. The topological polar surface area (TPSA) is 104 Å². The third kappa shape index (κ3) is 5.46. The van der Waals surface area contributed by atoms with Gasteiger partial charge in [0.2, 0.25) is 5.91 Å². The Hall–Kier alpha value is -2.19. The lowest BCUT2D eigenvalue weighted by Gasteiger charge is -2.72. The van der Waals surface area contributed by atoms with Crippen molar-refractivity contribution in [2.45, 2.75) is 112 Å². The van der Waals surface area contributed by atoms with Gasteiger partial charge in [-0.25, -0.2) is 13.2 Å². The minimum absolute atomic E-state index is 0.0183. The molecule has 8 heteroatoms. The molecular formula is C42H62N2O5S. The summed E-state index contributed by atoms with van der Waals surface area (Å²) >= 11 is 0. The highest BCUT2D eigenvalue weighted by atomic mass is 32.2. The van der Waals surface area contributed by atoms with Gasteiger partial charge in [0.1, 0.15) is 0 Å². The molecule has 1 amide bonds. The molecule has 1 aromatic carbocycles. The van der Waals surface area contributed by atoms with Crippen molar-refractivity contribution >= 4 is 27.3 Å². The maximum Gasteiger partial charge on any atom is 0.335 e. The van der Waals surface area contributed by atoms with Gasteiger partial charge in [-0.1, -0.05) is 66.7 Å². The Balaban J connectivity index is 1.16. The minimum atomic E-state index is -2.98. The SMILES string of the molecule is CC(C)[C@@H]1CCC2(NC(=O)CN3CCS(=O)(=O)CC3)CC[C@]3(C)[C@H](CC[C@@H]4C5(C)CC=C(c6ccc(C(=O)O)cc6)C(C)(C)[C@@H]5CC[C@]43C)[C@@H]12. The van der Waals surface area contributed by atoms with Crippen molar-refractivity contribution in [3.05, 3.63) is 41.5 Å². The number of rotatable bonds is 6. The smallest absolute Gasteiger partial charge is 0.335 e. The van der Waals surface area contributed by atoms with E-state index in [1.165, 1.54) is 37.7 Å². The number of sulfone groups is 1. The van der Waals surface area contributed by atoms with Crippen LogP contribution in [0.5, 0.6) is 0 Å². The number of carbonyl (C=O) groups excluding carboxylic acids is 1.